The summed E-state index contributed by atoms with van der Waals surface area (Å²) < 4.78 is 27.4. The van der Waals surface area contributed by atoms with E-state index in [4.69, 9.17) is 12.2 Å². The Bertz CT molecular complexity index is 966. The second kappa shape index (κ2) is 9.87. The molecule has 0 aliphatic rings. The van der Waals surface area contributed by atoms with Gasteiger partial charge in [0.2, 0.25) is 0 Å². The zero-order chi connectivity index (χ0) is 20.6. The third-order valence-electron chi connectivity index (χ3n) is 3.81. The highest BCUT2D eigenvalue weighted by molar-refractivity contribution is 7.92. The first-order valence-corrected chi connectivity index (χ1v) is 10.5. The van der Waals surface area contributed by atoms with Gasteiger partial charge in [0.1, 0.15) is 0 Å². The van der Waals surface area contributed by atoms with Crippen molar-refractivity contribution in [2.45, 2.75) is 11.8 Å². The van der Waals surface area contributed by atoms with Crippen LogP contribution in [0.15, 0.2) is 96.6 Å². The van der Waals surface area contributed by atoms with E-state index in [1.165, 1.54) is 4.31 Å². The van der Waals surface area contributed by atoms with E-state index in [1.54, 1.807) is 61.5 Å². The van der Waals surface area contributed by atoms with Crippen LogP contribution in [-0.2, 0) is 10.0 Å². The van der Waals surface area contributed by atoms with Gasteiger partial charge in [-0.1, -0.05) is 37.4 Å². The van der Waals surface area contributed by atoms with Crippen molar-refractivity contribution in [2.24, 2.45) is 0 Å². The Kier molecular flexibility index (Phi) is 7.54. The molecule has 0 unspecified atom stereocenters. The number of rotatable bonds is 8. The van der Waals surface area contributed by atoms with E-state index < -0.39 is 10.0 Å². The molecule has 2 aromatic rings. The van der Waals surface area contributed by atoms with Crippen molar-refractivity contribution in [3.05, 3.63) is 91.7 Å². The summed E-state index contributed by atoms with van der Waals surface area (Å²) in [5.41, 5.74) is 2.00. The molecular formula is C21H23N3O2S2. The normalized spacial score (nSPS) is 11.4. The summed E-state index contributed by atoms with van der Waals surface area (Å²) in [5, 5.41) is 6.35. The molecule has 0 aliphatic carbocycles. The van der Waals surface area contributed by atoms with E-state index in [2.05, 4.69) is 23.8 Å². The highest BCUT2D eigenvalue weighted by atomic mass is 32.2. The summed E-state index contributed by atoms with van der Waals surface area (Å²) >= 11 is 5.25. The Morgan fingerprint density at radius 2 is 1.75 bits per heavy atom. The second-order valence-electron chi connectivity index (χ2n) is 5.67. The van der Waals surface area contributed by atoms with Gasteiger partial charge in [-0.3, -0.25) is 4.31 Å². The molecule has 0 amide bonds. The monoisotopic (exact) mass is 413 g/mol. The van der Waals surface area contributed by atoms with Crippen molar-refractivity contribution in [1.29, 1.82) is 0 Å². The van der Waals surface area contributed by atoms with Crippen LogP contribution in [0, 0.1) is 0 Å². The molecule has 0 saturated carbocycles. The number of nitrogens with zero attached hydrogens (tertiary/aromatic N) is 1. The fourth-order valence-corrected chi connectivity index (χ4v) is 4.21. The van der Waals surface area contributed by atoms with E-state index in [0.717, 1.165) is 0 Å². The summed E-state index contributed by atoms with van der Waals surface area (Å²) in [5.74, 6) is 0. The largest absolute Gasteiger partial charge is 0.333 e. The topological polar surface area (TPSA) is 61.4 Å². The van der Waals surface area contributed by atoms with Crippen molar-refractivity contribution in [3.8, 4) is 0 Å². The predicted octanol–water partition coefficient (Wildman–Crippen LogP) is 4.44. The number of para-hydroxylation sites is 1. The maximum Gasteiger partial charge on any atom is 0.264 e. The number of anilines is 2. The molecule has 0 radical (unpaired) electrons. The Hall–Kier alpha value is -2.90. The van der Waals surface area contributed by atoms with Crippen LogP contribution in [0.5, 0.6) is 0 Å². The van der Waals surface area contributed by atoms with Gasteiger partial charge in [0, 0.05) is 17.9 Å². The maximum absolute atomic E-state index is 13.0. The average Bonchev–Trinajstić information content (AvgIpc) is 2.69. The molecule has 2 aromatic carbocycles. The molecule has 2 rings (SSSR count). The number of nitrogens with one attached hydrogen (secondary N) is 2. The standard InChI is InChI=1S/C21H23N3O2S2/c1-4-10-17(5-2)22-21(27)23-18-13-15-20(16-14-18)28(25,26)24(6-3)19-11-8-7-9-12-19/h4-5,7-16H,1-2,6H2,3H3,(H2,22,23,27)/b17-10+. The molecule has 0 aromatic heterocycles. The van der Waals surface area contributed by atoms with Gasteiger partial charge >= 0.3 is 0 Å². The van der Waals surface area contributed by atoms with Gasteiger partial charge in [-0.05, 0) is 67.7 Å². The fraction of sp³-hybridized carbons (Fsp3) is 0.0952. The number of hydrogen-bond donors (Lipinski definition) is 2. The van der Waals surface area contributed by atoms with Gasteiger partial charge in [0.05, 0.1) is 10.6 Å². The molecule has 7 heteroatoms. The fourth-order valence-electron chi connectivity index (χ4n) is 2.50. The summed E-state index contributed by atoms with van der Waals surface area (Å²) in [4.78, 5) is 0.209. The van der Waals surface area contributed by atoms with Crippen LogP contribution in [-0.4, -0.2) is 20.1 Å². The van der Waals surface area contributed by atoms with Crippen molar-refractivity contribution in [1.82, 2.24) is 5.32 Å². The molecule has 0 aliphatic heterocycles. The van der Waals surface area contributed by atoms with Gasteiger partial charge in [-0.2, -0.15) is 0 Å². The van der Waals surface area contributed by atoms with Gasteiger partial charge in [-0.25, -0.2) is 8.42 Å². The van der Waals surface area contributed by atoms with Crippen LogP contribution in [0.1, 0.15) is 6.92 Å². The van der Waals surface area contributed by atoms with Crippen LogP contribution < -0.4 is 14.9 Å². The van der Waals surface area contributed by atoms with E-state index in [0.29, 0.717) is 28.7 Å². The molecule has 0 atom stereocenters. The van der Waals surface area contributed by atoms with Gasteiger partial charge in [0.25, 0.3) is 10.0 Å². The molecule has 2 N–H and O–H groups in total. The Labute approximate surface area is 172 Å². The molecule has 0 bridgehead atoms. The maximum atomic E-state index is 13.0. The van der Waals surface area contributed by atoms with Crippen LogP contribution in [0.25, 0.3) is 0 Å². The second-order valence-corrected chi connectivity index (χ2v) is 7.94. The zero-order valence-electron chi connectivity index (χ0n) is 15.6. The Morgan fingerprint density at radius 3 is 2.29 bits per heavy atom. The van der Waals surface area contributed by atoms with Crippen LogP contribution >= 0.6 is 12.2 Å². The number of allylic oxidation sites excluding steroid dienone is 3. The molecular weight excluding hydrogens is 390 g/mol. The SMILES string of the molecule is C=C/C=C(\C=C)NC(=S)Nc1ccc(S(=O)(=O)N(CC)c2ccccc2)cc1. The minimum atomic E-state index is -3.66. The van der Waals surface area contributed by atoms with Crippen LogP contribution in [0.4, 0.5) is 11.4 Å². The van der Waals surface area contributed by atoms with E-state index in [1.807, 2.05) is 18.2 Å². The number of sulfonamides is 1. The lowest BCUT2D eigenvalue weighted by molar-refractivity contribution is 0.592. The smallest absolute Gasteiger partial charge is 0.264 e. The third kappa shape index (κ3) is 5.31. The molecule has 28 heavy (non-hydrogen) atoms. The van der Waals surface area contributed by atoms with Gasteiger partial charge in [0.15, 0.2) is 5.11 Å². The lowest BCUT2D eigenvalue weighted by atomic mass is 10.3. The Balaban J connectivity index is 2.17. The number of thiocarbonyl (C=S) groups is 1. The highest BCUT2D eigenvalue weighted by Gasteiger charge is 2.23. The Morgan fingerprint density at radius 1 is 1.11 bits per heavy atom. The third-order valence-corrected chi connectivity index (χ3v) is 5.93. The first-order valence-electron chi connectivity index (χ1n) is 8.63. The quantitative estimate of drug-likeness (QED) is 0.495. The van der Waals surface area contributed by atoms with Crippen molar-refractivity contribution >= 4 is 38.7 Å². The minimum Gasteiger partial charge on any atom is -0.333 e. The highest BCUT2D eigenvalue weighted by Crippen LogP contribution is 2.24. The zero-order valence-corrected chi connectivity index (χ0v) is 17.3. The van der Waals surface area contributed by atoms with Gasteiger partial charge < -0.3 is 10.6 Å². The van der Waals surface area contributed by atoms with E-state index in [-0.39, 0.29) is 4.90 Å². The molecule has 5 nitrogen and oxygen atoms in total. The summed E-state index contributed by atoms with van der Waals surface area (Å²) in [6.07, 6.45) is 4.98. The van der Waals surface area contributed by atoms with Crippen LogP contribution in [0.2, 0.25) is 0 Å². The molecule has 146 valence electrons. The number of benzene rings is 2. The van der Waals surface area contributed by atoms with Crippen molar-refractivity contribution in [2.75, 3.05) is 16.2 Å². The minimum absolute atomic E-state index is 0.209. The van der Waals surface area contributed by atoms with Crippen molar-refractivity contribution < 1.29 is 8.42 Å². The van der Waals surface area contributed by atoms with Crippen molar-refractivity contribution in [3.63, 3.8) is 0 Å². The van der Waals surface area contributed by atoms with E-state index >= 15 is 0 Å². The molecule has 0 spiro atoms. The number of hydrogen-bond acceptors (Lipinski definition) is 3. The lowest BCUT2D eigenvalue weighted by Crippen LogP contribution is -2.30. The summed E-state index contributed by atoms with van der Waals surface area (Å²) in [7, 11) is -3.66. The first kappa shape index (κ1) is 21.4. The van der Waals surface area contributed by atoms with E-state index in [9.17, 15) is 8.42 Å². The van der Waals surface area contributed by atoms with Crippen LogP contribution in [0.3, 0.4) is 0 Å². The summed E-state index contributed by atoms with van der Waals surface area (Å²) in [6.45, 7) is 9.46. The lowest BCUT2D eigenvalue weighted by Gasteiger charge is -2.23. The predicted molar refractivity (Wildman–Crippen MR) is 121 cm³/mol. The summed E-state index contributed by atoms with van der Waals surface area (Å²) in [6, 6.07) is 15.5. The van der Waals surface area contributed by atoms with Gasteiger partial charge in [-0.15, -0.1) is 0 Å². The molecule has 0 saturated heterocycles. The first-order chi connectivity index (χ1) is 13.4. The average molecular weight is 414 g/mol. The molecule has 0 heterocycles. The molecule has 0 fully saturated rings.